The van der Waals surface area contributed by atoms with Crippen LogP contribution in [0.2, 0.25) is 0 Å². The van der Waals surface area contributed by atoms with Crippen molar-refractivity contribution >= 4 is 10.9 Å². The first-order chi connectivity index (χ1) is 9.63. The van der Waals surface area contributed by atoms with Crippen LogP contribution in [0.3, 0.4) is 0 Å². The lowest BCUT2D eigenvalue weighted by Gasteiger charge is -2.09. The largest absolute Gasteiger partial charge is 0.506 e. The van der Waals surface area contributed by atoms with E-state index in [1.807, 2.05) is 19.1 Å². The van der Waals surface area contributed by atoms with Gasteiger partial charge in [0, 0.05) is 24.9 Å². The summed E-state index contributed by atoms with van der Waals surface area (Å²) in [6.45, 7) is 1.93. The van der Waals surface area contributed by atoms with Crippen molar-refractivity contribution in [1.29, 1.82) is 0 Å². The molecule has 102 valence electrons. The van der Waals surface area contributed by atoms with E-state index >= 15 is 0 Å². The minimum absolute atomic E-state index is 0.0559. The molecule has 3 rings (SSSR count). The van der Waals surface area contributed by atoms with Gasteiger partial charge < -0.3 is 14.2 Å². The average molecular weight is 270 g/mol. The third-order valence-corrected chi connectivity index (χ3v) is 3.44. The summed E-state index contributed by atoms with van der Waals surface area (Å²) in [5.41, 5.74) is 0.926. The standard InChI is InChI=1S/C15H14N2O3/c1-3-9-8-11(16-20-9)13-14(18)10-6-4-5-7-12(10)17(2)15(13)19/h4-8,18H,3H2,1-2H3. The van der Waals surface area contributed by atoms with Crippen molar-refractivity contribution in [2.75, 3.05) is 0 Å². The van der Waals surface area contributed by atoms with Crippen LogP contribution in [0.25, 0.3) is 22.2 Å². The quantitative estimate of drug-likeness (QED) is 0.776. The van der Waals surface area contributed by atoms with E-state index in [0.717, 1.165) is 0 Å². The molecule has 0 aliphatic heterocycles. The van der Waals surface area contributed by atoms with Crippen LogP contribution in [0.1, 0.15) is 12.7 Å². The number of rotatable bonds is 2. The molecule has 0 aliphatic rings. The van der Waals surface area contributed by atoms with Crippen molar-refractivity contribution in [3.05, 3.63) is 46.4 Å². The van der Waals surface area contributed by atoms with Gasteiger partial charge in [0.1, 0.15) is 22.8 Å². The average Bonchev–Trinajstić information content (AvgIpc) is 2.94. The predicted octanol–water partition coefficient (Wildman–Crippen LogP) is 2.46. The van der Waals surface area contributed by atoms with E-state index in [2.05, 4.69) is 5.16 Å². The van der Waals surface area contributed by atoms with Gasteiger partial charge in [-0.05, 0) is 12.1 Å². The zero-order chi connectivity index (χ0) is 14.3. The topological polar surface area (TPSA) is 68.3 Å². The van der Waals surface area contributed by atoms with Gasteiger partial charge >= 0.3 is 0 Å². The number of hydrogen-bond acceptors (Lipinski definition) is 4. The predicted molar refractivity (Wildman–Crippen MR) is 75.7 cm³/mol. The molecule has 0 aliphatic carbocycles. The Kier molecular flexibility index (Phi) is 2.82. The molecule has 0 atom stereocenters. The Bertz CT molecular complexity index is 846. The lowest BCUT2D eigenvalue weighted by Crippen LogP contribution is -2.19. The van der Waals surface area contributed by atoms with Crippen LogP contribution >= 0.6 is 0 Å². The molecular formula is C15H14N2O3. The van der Waals surface area contributed by atoms with E-state index in [9.17, 15) is 9.90 Å². The molecule has 0 unspecified atom stereocenters. The van der Waals surface area contributed by atoms with Crippen molar-refractivity contribution in [1.82, 2.24) is 9.72 Å². The molecule has 1 N–H and O–H groups in total. The Morgan fingerprint density at radius 3 is 2.80 bits per heavy atom. The summed E-state index contributed by atoms with van der Waals surface area (Å²) >= 11 is 0. The number of pyridine rings is 1. The van der Waals surface area contributed by atoms with Crippen LogP contribution in [0, 0.1) is 0 Å². The van der Waals surface area contributed by atoms with Crippen LogP contribution in [-0.4, -0.2) is 14.8 Å². The number of para-hydroxylation sites is 1. The van der Waals surface area contributed by atoms with Gasteiger partial charge in [-0.2, -0.15) is 0 Å². The summed E-state index contributed by atoms with van der Waals surface area (Å²) in [6.07, 6.45) is 0.682. The molecule has 20 heavy (non-hydrogen) atoms. The molecular weight excluding hydrogens is 256 g/mol. The summed E-state index contributed by atoms with van der Waals surface area (Å²) in [6, 6.07) is 8.89. The van der Waals surface area contributed by atoms with Crippen molar-refractivity contribution in [3.8, 4) is 17.0 Å². The maximum Gasteiger partial charge on any atom is 0.264 e. The summed E-state index contributed by atoms with van der Waals surface area (Å²) in [5.74, 6) is 0.620. The molecule has 0 spiro atoms. The third kappa shape index (κ3) is 1.71. The second kappa shape index (κ2) is 4.52. The van der Waals surface area contributed by atoms with Gasteiger partial charge in [0.15, 0.2) is 0 Å². The highest BCUT2D eigenvalue weighted by atomic mass is 16.5. The Morgan fingerprint density at radius 2 is 2.10 bits per heavy atom. The van der Waals surface area contributed by atoms with Gasteiger partial charge in [-0.1, -0.05) is 24.2 Å². The fraction of sp³-hybridized carbons (Fsp3) is 0.200. The van der Waals surface area contributed by atoms with Crippen LogP contribution in [0.15, 0.2) is 39.6 Å². The minimum atomic E-state index is -0.294. The van der Waals surface area contributed by atoms with Crippen molar-refractivity contribution in [2.45, 2.75) is 13.3 Å². The van der Waals surface area contributed by atoms with E-state index in [0.29, 0.717) is 28.8 Å². The lowest BCUT2D eigenvalue weighted by atomic mass is 10.1. The van der Waals surface area contributed by atoms with Crippen LogP contribution in [0.4, 0.5) is 0 Å². The number of nitrogens with zero attached hydrogens (tertiary/aromatic N) is 2. The van der Waals surface area contributed by atoms with Crippen LogP contribution in [-0.2, 0) is 13.5 Å². The van der Waals surface area contributed by atoms with Crippen molar-refractivity contribution in [3.63, 3.8) is 0 Å². The van der Waals surface area contributed by atoms with E-state index in [4.69, 9.17) is 4.52 Å². The SMILES string of the molecule is CCc1cc(-c2c(O)c3ccccc3n(C)c2=O)no1. The Morgan fingerprint density at radius 1 is 1.35 bits per heavy atom. The molecule has 2 aromatic heterocycles. The molecule has 5 nitrogen and oxygen atoms in total. The third-order valence-electron chi connectivity index (χ3n) is 3.44. The summed E-state index contributed by atoms with van der Waals surface area (Å²) in [5, 5.41) is 14.9. The normalized spacial score (nSPS) is 11.1. The van der Waals surface area contributed by atoms with E-state index in [1.54, 1.807) is 25.2 Å². The monoisotopic (exact) mass is 270 g/mol. The summed E-state index contributed by atoms with van der Waals surface area (Å²) in [4.78, 5) is 12.4. The highest BCUT2D eigenvalue weighted by Gasteiger charge is 2.19. The molecule has 0 amide bonds. The Labute approximate surface area is 115 Å². The zero-order valence-corrected chi connectivity index (χ0v) is 11.3. The number of aromatic nitrogens is 2. The number of aromatic hydroxyl groups is 1. The Hall–Kier alpha value is -2.56. The first kappa shape index (κ1) is 12.5. The fourth-order valence-electron chi connectivity index (χ4n) is 2.31. The highest BCUT2D eigenvalue weighted by Crippen LogP contribution is 2.32. The molecule has 0 fully saturated rings. The molecule has 0 saturated carbocycles. The highest BCUT2D eigenvalue weighted by molar-refractivity contribution is 5.91. The smallest absolute Gasteiger partial charge is 0.264 e. The van der Waals surface area contributed by atoms with Gasteiger partial charge in [-0.3, -0.25) is 4.79 Å². The molecule has 2 heterocycles. The molecule has 0 radical (unpaired) electrons. The fourth-order valence-corrected chi connectivity index (χ4v) is 2.31. The molecule has 0 saturated heterocycles. The zero-order valence-electron chi connectivity index (χ0n) is 11.3. The van der Waals surface area contributed by atoms with Gasteiger partial charge in [0.25, 0.3) is 5.56 Å². The summed E-state index contributed by atoms with van der Waals surface area (Å²) < 4.78 is 6.63. The number of hydrogen-bond donors (Lipinski definition) is 1. The minimum Gasteiger partial charge on any atom is -0.506 e. The number of fused-ring (bicyclic) bond motifs is 1. The van der Waals surface area contributed by atoms with Crippen LogP contribution in [0.5, 0.6) is 5.75 Å². The van der Waals surface area contributed by atoms with Crippen molar-refractivity contribution in [2.24, 2.45) is 7.05 Å². The number of benzene rings is 1. The van der Waals surface area contributed by atoms with E-state index < -0.39 is 0 Å². The van der Waals surface area contributed by atoms with Crippen molar-refractivity contribution < 1.29 is 9.63 Å². The molecule has 3 aromatic rings. The Balaban J connectivity index is 2.39. The van der Waals surface area contributed by atoms with Gasteiger partial charge in [0.05, 0.1) is 5.52 Å². The van der Waals surface area contributed by atoms with Gasteiger partial charge in [-0.15, -0.1) is 0 Å². The lowest BCUT2D eigenvalue weighted by molar-refractivity contribution is 0.388. The van der Waals surface area contributed by atoms with Gasteiger partial charge in [-0.25, -0.2) is 0 Å². The van der Waals surface area contributed by atoms with E-state index in [1.165, 1.54) is 4.57 Å². The maximum absolute atomic E-state index is 12.4. The number of aryl methyl sites for hydroxylation is 2. The molecule has 1 aromatic carbocycles. The second-order valence-electron chi connectivity index (χ2n) is 4.64. The molecule has 5 heteroatoms. The maximum atomic E-state index is 12.4. The summed E-state index contributed by atoms with van der Waals surface area (Å²) in [7, 11) is 1.68. The van der Waals surface area contributed by atoms with E-state index in [-0.39, 0.29) is 16.9 Å². The first-order valence-electron chi connectivity index (χ1n) is 6.40. The first-order valence-corrected chi connectivity index (χ1v) is 6.40. The van der Waals surface area contributed by atoms with Crippen LogP contribution < -0.4 is 5.56 Å². The van der Waals surface area contributed by atoms with Gasteiger partial charge in [0.2, 0.25) is 0 Å². The molecule has 0 bridgehead atoms. The second-order valence-corrected chi connectivity index (χ2v) is 4.64.